The summed E-state index contributed by atoms with van der Waals surface area (Å²) in [4.78, 5) is 16.3. The second kappa shape index (κ2) is 9.77. The number of halogens is 2. The number of nitriles is 1. The van der Waals surface area contributed by atoms with Crippen molar-refractivity contribution in [1.82, 2.24) is 9.55 Å². The molecular formula is C20H18Cl2N4O. The van der Waals surface area contributed by atoms with Gasteiger partial charge in [-0.3, -0.25) is 4.79 Å². The lowest BCUT2D eigenvalue weighted by Crippen LogP contribution is -2.13. The standard InChI is InChI=1S/C20H17ClN4O.ClH/c21-17-2-1-3-18(10-17)24-20(26)9-8-19-12-23-14-25(19)13-16-6-4-15(11-22)5-7-16;/h1-7,10,12,14H,8-9,13H2,(H,24,26);1H. The molecule has 0 aliphatic rings. The molecule has 138 valence electrons. The number of imidazole rings is 1. The van der Waals surface area contributed by atoms with Gasteiger partial charge in [-0.2, -0.15) is 5.26 Å². The molecule has 0 atom stereocenters. The van der Waals surface area contributed by atoms with E-state index in [4.69, 9.17) is 16.9 Å². The molecule has 1 N–H and O–H groups in total. The third-order valence-electron chi connectivity index (χ3n) is 3.95. The minimum Gasteiger partial charge on any atom is -0.330 e. The zero-order valence-corrected chi connectivity index (χ0v) is 16.0. The predicted octanol–water partition coefficient (Wildman–Crippen LogP) is 4.45. The lowest BCUT2D eigenvalue weighted by atomic mass is 10.1. The number of benzene rings is 2. The molecule has 0 radical (unpaired) electrons. The van der Waals surface area contributed by atoms with Crippen LogP contribution in [0.4, 0.5) is 5.69 Å². The van der Waals surface area contributed by atoms with Crippen LogP contribution in [0.15, 0.2) is 61.1 Å². The van der Waals surface area contributed by atoms with Crippen molar-refractivity contribution < 1.29 is 4.79 Å². The first-order valence-corrected chi connectivity index (χ1v) is 8.55. The van der Waals surface area contributed by atoms with Crippen molar-refractivity contribution >= 4 is 35.6 Å². The van der Waals surface area contributed by atoms with Gasteiger partial charge in [0.2, 0.25) is 5.91 Å². The highest BCUT2D eigenvalue weighted by Crippen LogP contribution is 2.15. The average molecular weight is 401 g/mol. The van der Waals surface area contributed by atoms with E-state index in [-0.39, 0.29) is 18.3 Å². The van der Waals surface area contributed by atoms with Crippen LogP contribution in [0, 0.1) is 11.3 Å². The Kier molecular flexibility index (Phi) is 7.42. The van der Waals surface area contributed by atoms with Gasteiger partial charge < -0.3 is 9.88 Å². The Bertz CT molecular complexity index is 945. The van der Waals surface area contributed by atoms with Crippen molar-refractivity contribution in [2.75, 3.05) is 5.32 Å². The van der Waals surface area contributed by atoms with Crippen LogP contribution >= 0.6 is 24.0 Å². The summed E-state index contributed by atoms with van der Waals surface area (Å²) in [7, 11) is 0. The van der Waals surface area contributed by atoms with E-state index >= 15 is 0 Å². The molecule has 1 amide bonds. The Labute approximate surface area is 169 Å². The highest BCUT2D eigenvalue weighted by Gasteiger charge is 2.08. The number of aryl methyl sites for hydroxylation is 1. The van der Waals surface area contributed by atoms with E-state index in [0.717, 1.165) is 11.3 Å². The Morgan fingerprint density at radius 3 is 2.70 bits per heavy atom. The van der Waals surface area contributed by atoms with E-state index < -0.39 is 0 Å². The number of nitrogens with one attached hydrogen (secondary N) is 1. The monoisotopic (exact) mass is 400 g/mol. The minimum atomic E-state index is -0.0709. The fourth-order valence-corrected chi connectivity index (χ4v) is 2.80. The summed E-state index contributed by atoms with van der Waals surface area (Å²) in [5.41, 5.74) is 3.38. The molecular weight excluding hydrogens is 383 g/mol. The molecule has 0 saturated heterocycles. The van der Waals surface area contributed by atoms with Crippen LogP contribution in [0.3, 0.4) is 0 Å². The maximum absolute atomic E-state index is 12.1. The van der Waals surface area contributed by atoms with Crippen LogP contribution < -0.4 is 5.32 Å². The largest absolute Gasteiger partial charge is 0.330 e. The second-order valence-electron chi connectivity index (χ2n) is 5.88. The molecule has 0 spiro atoms. The van der Waals surface area contributed by atoms with Gasteiger partial charge in [0.25, 0.3) is 0 Å². The lowest BCUT2D eigenvalue weighted by Gasteiger charge is -2.09. The van der Waals surface area contributed by atoms with Crippen molar-refractivity contribution in [3.63, 3.8) is 0 Å². The zero-order valence-electron chi connectivity index (χ0n) is 14.4. The number of carbonyl (C=O) groups excluding carboxylic acids is 1. The number of amides is 1. The average Bonchev–Trinajstić information content (AvgIpc) is 3.08. The molecule has 0 saturated carbocycles. The number of nitrogens with zero attached hydrogens (tertiary/aromatic N) is 3. The molecule has 3 rings (SSSR count). The van der Waals surface area contributed by atoms with E-state index in [0.29, 0.717) is 35.7 Å². The summed E-state index contributed by atoms with van der Waals surface area (Å²) >= 11 is 5.92. The van der Waals surface area contributed by atoms with Gasteiger partial charge in [0.05, 0.1) is 18.0 Å². The maximum atomic E-state index is 12.1. The number of aromatic nitrogens is 2. The third-order valence-corrected chi connectivity index (χ3v) is 4.19. The van der Waals surface area contributed by atoms with Gasteiger partial charge in [-0.25, -0.2) is 4.98 Å². The van der Waals surface area contributed by atoms with Crippen molar-refractivity contribution in [2.45, 2.75) is 19.4 Å². The van der Waals surface area contributed by atoms with Crippen LogP contribution in [0.2, 0.25) is 5.02 Å². The molecule has 27 heavy (non-hydrogen) atoms. The van der Waals surface area contributed by atoms with Gasteiger partial charge in [-0.1, -0.05) is 29.8 Å². The minimum absolute atomic E-state index is 0. The quantitative estimate of drug-likeness (QED) is 0.664. The molecule has 0 bridgehead atoms. The van der Waals surface area contributed by atoms with Crippen LogP contribution in [0.5, 0.6) is 0 Å². The van der Waals surface area contributed by atoms with Crippen molar-refractivity contribution in [1.29, 1.82) is 5.26 Å². The smallest absolute Gasteiger partial charge is 0.224 e. The van der Waals surface area contributed by atoms with Crippen LogP contribution in [-0.4, -0.2) is 15.5 Å². The topological polar surface area (TPSA) is 70.7 Å². The van der Waals surface area contributed by atoms with Crippen molar-refractivity contribution in [3.05, 3.63) is 82.9 Å². The van der Waals surface area contributed by atoms with Crippen molar-refractivity contribution in [3.8, 4) is 6.07 Å². The summed E-state index contributed by atoms with van der Waals surface area (Å²) in [5.74, 6) is -0.0709. The first kappa shape index (κ1) is 20.5. The molecule has 7 heteroatoms. The van der Waals surface area contributed by atoms with E-state index in [1.54, 1.807) is 48.9 Å². The summed E-state index contributed by atoms with van der Waals surface area (Å²) in [6, 6.07) is 16.6. The van der Waals surface area contributed by atoms with Gasteiger partial charge >= 0.3 is 0 Å². The summed E-state index contributed by atoms with van der Waals surface area (Å²) in [6.45, 7) is 0.650. The summed E-state index contributed by atoms with van der Waals surface area (Å²) in [5, 5.41) is 12.3. The van der Waals surface area contributed by atoms with E-state index in [1.807, 2.05) is 16.7 Å². The van der Waals surface area contributed by atoms with E-state index in [1.165, 1.54) is 0 Å². The van der Waals surface area contributed by atoms with Crippen molar-refractivity contribution in [2.24, 2.45) is 0 Å². The zero-order chi connectivity index (χ0) is 18.4. The highest BCUT2D eigenvalue weighted by atomic mass is 35.5. The number of hydrogen-bond acceptors (Lipinski definition) is 3. The first-order chi connectivity index (χ1) is 12.6. The molecule has 1 heterocycles. The maximum Gasteiger partial charge on any atom is 0.224 e. The molecule has 2 aromatic carbocycles. The molecule has 1 aromatic heterocycles. The molecule has 3 aromatic rings. The normalized spacial score (nSPS) is 9.93. The fraction of sp³-hybridized carbons (Fsp3) is 0.150. The number of hydrogen-bond donors (Lipinski definition) is 1. The van der Waals surface area contributed by atoms with Gasteiger partial charge in [0, 0.05) is 35.6 Å². The number of carbonyl (C=O) groups is 1. The second-order valence-corrected chi connectivity index (χ2v) is 6.32. The Balaban J connectivity index is 0.00000261. The van der Waals surface area contributed by atoms with Gasteiger partial charge in [-0.15, -0.1) is 12.4 Å². The van der Waals surface area contributed by atoms with Crippen LogP contribution in [0.1, 0.15) is 23.2 Å². The molecule has 0 unspecified atom stereocenters. The summed E-state index contributed by atoms with van der Waals surface area (Å²) < 4.78 is 2.01. The molecule has 0 fully saturated rings. The lowest BCUT2D eigenvalue weighted by molar-refractivity contribution is -0.116. The Morgan fingerprint density at radius 1 is 1.22 bits per heavy atom. The number of rotatable bonds is 6. The third kappa shape index (κ3) is 5.85. The van der Waals surface area contributed by atoms with Gasteiger partial charge in [0.1, 0.15) is 0 Å². The molecule has 5 nitrogen and oxygen atoms in total. The summed E-state index contributed by atoms with van der Waals surface area (Å²) in [6.07, 6.45) is 4.47. The van der Waals surface area contributed by atoms with Gasteiger partial charge in [-0.05, 0) is 42.3 Å². The highest BCUT2D eigenvalue weighted by molar-refractivity contribution is 6.30. The SMILES string of the molecule is Cl.N#Cc1ccc(Cn2cncc2CCC(=O)Nc2cccc(Cl)c2)cc1. The molecule has 0 aliphatic heterocycles. The Hall–Kier alpha value is -2.81. The predicted molar refractivity (Wildman–Crippen MR) is 108 cm³/mol. The van der Waals surface area contributed by atoms with Crippen LogP contribution in [0.25, 0.3) is 0 Å². The molecule has 0 aliphatic carbocycles. The van der Waals surface area contributed by atoms with E-state index in [9.17, 15) is 4.79 Å². The fourth-order valence-electron chi connectivity index (χ4n) is 2.61. The number of anilines is 1. The first-order valence-electron chi connectivity index (χ1n) is 8.17. The Morgan fingerprint density at radius 2 is 2.00 bits per heavy atom. The van der Waals surface area contributed by atoms with Crippen LogP contribution in [-0.2, 0) is 17.8 Å². The van der Waals surface area contributed by atoms with E-state index in [2.05, 4.69) is 16.4 Å². The van der Waals surface area contributed by atoms with Gasteiger partial charge in [0.15, 0.2) is 0 Å².